The fourth-order valence-corrected chi connectivity index (χ4v) is 4.48. The number of ether oxygens (including phenoxy) is 3. The largest absolute Gasteiger partial charge is 0.385 e. The highest BCUT2D eigenvalue weighted by atomic mass is 16.5. The number of likely N-dealkylation sites (tertiary alicyclic amines) is 1. The van der Waals surface area contributed by atoms with Crippen molar-refractivity contribution in [3.05, 3.63) is 35.4 Å². The van der Waals surface area contributed by atoms with E-state index in [0.717, 1.165) is 90.9 Å². The molecule has 0 bridgehead atoms. The summed E-state index contributed by atoms with van der Waals surface area (Å²) in [5, 5.41) is 3.52. The molecule has 2 saturated heterocycles. The molecule has 2 fully saturated rings. The van der Waals surface area contributed by atoms with Crippen molar-refractivity contribution >= 4 is 5.96 Å². The second-order valence-electron chi connectivity index (χ2n) is 8.68. The Hall–Kier alpha value is -1.67. The highest BCUT2D eigenvalue weighted by molar-refractivity contribution is 5.80. The van der Waals surface area contributed by atoms with Gasteiger partial charge in [-0.2, -0.15) is 0 Å². The molecule has 7 heteroatoms. The average Bonchev–Trinajstić information content (AvgIpc) is 2.82. The minimum Gasteiger partial charge on any atom is -0.385 e. The van der Waals surface area contributed by atoms with Gasteiger partial charge in [-0.15, -0.1) is 0 Å². The van der Waals surface area contributed by atoms with E-state index in [2.05, 4.69) is 53.2 Å². The SMILES string of the molecule is CCNC(=NCC(c1cccc(C)c1)N1CCOCC1)N1CCC(OCCCOC)CC1. The number of rotatable bonds is 10. The molecule has 1 N–H and O–H groups in total. The lowest BCUT2D eigenvalue weighted by atomic mass is 10.0. The highest BCUT2D eigenvalue weighted by Gasteiger charge is 2.25. The first-order valence-corrected chi connectivity index (χ1v) is 12.2. The number of morpholine rings is 1. The first kappa shape index (κ1) is 25.0. The molecule has 180 valence electrons. The molecule has 0 amide bonds. The van der Waals surface area contributed by atoms with E-state index in [9.17, 15) is 0 Å². The Balaban J connectivity index is 1.62. The molecule has 2 aliphatic rings. The lowest BCUT2D eigenvalue weighted by molar-refractivity contribution is 0.00969. The molecule has 32 heavy (non-hydrogen) atoms. The van der Waals surface area contributed by atoms with Crippen molar-refractivity contribution < 1.29 is 14.2 Å². The van der Waals surface area contributed by atoms with Crippen LogP contribution < -0.4 is 5.32 Å². The summed E-state index contributed by atoms with van der Waals surface area (Å²) >= 11 is 0. The van der Waals surface area contributed by atoms with Crippen LogP contribution in [0.25, 0.3) is 0 Å². The number of aliphatic imine (C=N–C) groups is 1. The predicted molar refractivity (Wildman–Crippen MR) is 129 cm³/mol. The topological polar surface area (TPSA) is 58.6 Å². The van der Waals surface area contributed by atoms with Gasteiger partial charge in [0.2, 0.25) is 0 Å². The number of hydrogen-bond donors (Lipinski definition) is 1. The van der Waals surface area contributed by atoms with E-state index in [1.165, 1.54) is 11.1 Å². The summed E-state index contributed by atoms with van der Waals surface area (Å²) < 4.78 is 16.8. The van der Waals surface area contributed by atoms with Gasteiger partial charge in [0.05, 0.1) is 31.9 Å². The summed E-state index contributed by atoms with van der Waals surface area (Å²) in [5.41, 5.74) is 2.64. The third-order valence-corrected chi connectivity index (χ3v) is 6.25. The summed E-state index contributed by atoms with van der Waals surface area (Å²) in [6.07, 6.45) is 3.40. The molecular formula is C25H42N4O3. The maximum atomic E-state index is 6.03. The standard InChI is InChI=1S/C25H42N4O3/c1-4-26-25(29-11-9-23(10-12-29)32-16-6-15-30-3)27-20-24(28-13-17-31-18-14-28)22-8-5-7-21(2)19-22/h5,7-8,19,23-24H,4,6,9-18,20H2,1-3H3,(H,26,27). The van der Waals surface area contributed by atoms with E-state index in [-0.39, 0.29) is 6.04 Å². The van der Waals surface area contributed by atoms with Gasteiger partial charge in [-0.3, -0.25) is 9.89 Å². The molecule has 1 atom stereocenters. The minimum absolute atomic E-state index is 0.272. The Labute approximate surface area is 194 Å². The van der Waals surface area contributed by atoms with Crippen LogP contribution in [0.1, 0.15) is 43.4 Å². The average molecular weight is 447 g/mol. The molecule has 0 aliphatic carbocycles. The fourth-order valence-electron chi connectivity index (χ4n) is 4.48. The van der Waals surface area contributed by atoms with E-state index >= 15 is 0 Å². The van der Waals surface area contributed by atoms with Crippen LogP contribution in [0.4, 0.5) is 0 Å². The zero-order chi connectivity index (χ0) is 22.6. The quantitative estimate of drug-likeness (QED) is 0.339. The van der Waals surface area contributed by atoms with Gasteiger partial charge in [0.25, 0.3) is 0 Å². The molecule has 0 saturated carbocycles. The zero-order valence-corrected chi connectivity index (χ0v) is 20.2. The number of benzene rings is 1. The third kappa shape index (κ3) is 7.73. The second kappa shape index (κ2) is 13.8. The number of nitrogens with zero attached hydrogens (tertiary/aromatic N) is 3. The van der Waals surface area contributed by atoms with Gasteiger partial charge in [-0.25, -0.2) is 0 Å². The van der Waals surface area contributed by atoms with Gasteiger partial charge in [0.15, 0.2) is 5.96 Å². The molecule has 2 heterocycles. The zero-order valence-electron chi connectivity index (χ0n) is 20.2. The van der Waals surface area contributed by atoms with Crippen molar-refractivity contribution in [3.8, 4) is 0 Å². The number of nitrogens with one attached hydrogen (secondary N) is 1. The summed E-state index contributed by atoms with van der Waals surface area (Å²) in [6, 6.07) is 9.13. The minimum atomic E-state index is 0.272. The molecule has 7 nitrogen and oxygen atoms in total. The first-order valence-electron chi connectivity index (χ1n) is 12.2. The van der Waals surface area contributed by atoms with Gasteiger partial charge < -0.3 is 24.4 Å². The molecule has 3 rings (SSSR count). The van der Waals surface area contributed by atoms with Crippen LogP contribution in [-0.2, 0) is 14.2 Å². The normalized spacial score (nSPS) is 19.8. The van der Waals surface area contributed by atoms with Gasteiger partial charge in [-0.1, -0.05) is 29.8 Å². The van der Waals surface area contributed by atoms with Gasteiger partial charge in [0.1, 0.15) is 0 Å². The van der Waals surface area contributed by atoms with Gasteiger partial charge >= 0.3 is 0 Å². The Kier molecular flexibility index (Phi) is 10.8. The molecule has 0 aromatic heterocycles. The first-order chi connectivity index (χ1) is 15.7. The number of methoxy groups -OCH3 is 1. The highest BCUT2D eigenvalue weighted by Crippen LogP contribution is 2.24. The van der Waals surface area contributed by atoms with Crippen molar-refractivity contribution in [2.75, 3.05) is 72.8 Å². The summed E-state index contributed by atoms with van der Waals surface area (Å²) in [6.45, 7) is 12.9. The molecule has 1 unspecified atom stereocenters. The number of guanidine groups is 1. The Bertz CT molecular complexity index is 686. The summed E-state index contributed by atoms with van der Waals surface area (Å²) in [7, 11) is 1.74. The van der Waals surface area contributed by atoms with E-state index in [0.29, 0.717) is 6.10 Å². The Morgan fingerprint density at radius 2 is 1.97 bits per heavy atom. The summed E-state index contributed by atoms with van der Waals surface area (Å²) in [4.78, 5) is 10.0. The maximum Gasteiger partial charge on any atom is 0.193 e. The fraction of sp³-hybridized carbons (Fsp3) is 0.720. The smallest absolute Gasteiger partial charge is 0.193 e. The molecular weight excluding hydrogens is 404 g/mol. The lowest BCUT2D eigenvalue weighted by Crippen LogP contribution is -2.47. The molecule has 2 aliphatic heterocycles. The molecule has 0 radical (unpaired) electrons. The third-order valence-electron chi connectivity index (χ3n) is 6.25. The molecule has 1 aromatic rings. The van der Waals surface area contributed by atoms with Crippen LogP contribution in [0.2, 0.25) is 0 Å². The lowest BCUT2D eigenvalue weighted by Gasteiger charge is -2.36. The van der Waals surface area contributed by atoms with Crippen LogP contribution in [0, 0.1) is 6.92 Å². The monoisotopic (exact) mass is 446 g/mol. The van der Waals surface area contributed by atoms with Crippen LogP contribution in [0.5, 0.6) is 0 Å². The van der Waals surface area contributed by atoms with E-state index < -0.39 is 0 Å². The van der Waals surface area contributed by atoms with Crippen LogP contribution in [0.3, 0.4) is 0 Å². The number of piperidine rings is 1. The van der Waals surface area contributed by atoms with Crippen LogP contribution in [-0.4, -0.2) is 94.7 Å². The maximum absolute atomic E-state index is 6.03. The van der Waals surface area contributed by atoms with E-state index in [4.69, 9.17) is 19.2 Å². The second-order valence-corrected chi connectivity index (χ2v) is 8.68. The van der Waals surface area contributed by atoms with Crippen molar-refractivity contribution in [1.82, 2.24) is 15.1 Å². The summed E-state index contributed by atoms with van der Waals surface area (Å²) in [5.74, 6) is 1.02. The van der Waals surface area contributed by atoms with Crippen LogP contribution in [0.15, 0.2) is 29.3 Å². The molecule has 1 aromatic carbocycles. The van der Waals surface area contributed by atoms with Crippen LogP contribution >= 0.6 is 0 Å². The number of hydrogen-bond acceptors (Lipinski definition) is 5. The van der Waals surface area contributed by atoms with Crippen molar-refractivity contribution in [2.24, 2.45) is 4.99 Å². The Morgan fingerprint density at radius 1 is 1.19 bits per heavy atom. The number of aryl methyl sites for hydroxylation is 1. The Morgan fingerprint density at radius 3 is 2.66 bits per heavy atom. The van der Waals surface area contributed by atoms with E-state index in [1.807, 2.05) is 0 Å². The van der Waals surface area contributed by atoms with Crippen molar-refractivity contribution in [1.29, 1.82) is 0 Å². The van der Waals surface area contributed by atoms with Crippen molar-refractivity contribution in [2.45, 2.75) is 45.3 Å². The van der Waals surface area contributed by atoms with Gasteiger partial charge in [0, 0.05) is 53.0 Å². The predicted octanol–water partition coefficient (Wildman–Crippen LogP) is 2.85. The van der Waals surface area contributed by atoms with Gasteiger partial charge in [-0.05, 0) is 38.7 Å². The van der Waals surface area contributed by atoms with Crippen molar-refractivity contribution in [3.63, 3.8) is 0 Å². The van der Waals surface area contributed by atoms with E-state index in [1.54, 1.807) is 7.11 Å². The molecule has 0 spiro atoms.